The number of hydrogen-bond acceptors (Lipinski definition) is 1. The van der Waals surface area contributed by atoms with Crippen LogP contribution in [-0.2, 0) is 4.79 Å². The first-order valence-corrected chi connectivity index (χ1v) is 7.17. The molecular weight excluding hydrogens is 222 g/mol. The molecule has 1 aliphatic carbocycles. The van der Waals surface area contributed by atoms with Crippen LogP contribution in [0.3, 0.4) is 0 Å². The summed E-state index contributed by atoms with van der Waals surface area (Å²) in [5.41, 5.74) is 1.08. The molecule has 0 radical (unpaired) electrons. The standard InChI is InChI=1S/C16H21NO/c1-12-15(13-8-4-2-5-9-13)17(16(12)18)14-10-6-3-7-11-14/h3,6-7,10-13,15H,2,4-5,8-9H2,1H3/t12-,15-/m1/s1. The van der Waals surface area contributed by atoms with Gasteiger partial charge in [0, 0.05) is 5.69 Å². The largest absolute Gasteiger partial charge is 0.308 e. The van der Waals surface area contributed by atoms with Crippen molar-refractivity contribution in [3.8, 4) is 0 Å². The van der Waals surface area contributed by atoms with E-state index in [2.05, 4.69) is 19.1 Å². The molecule has 0 N–H and O–H groups in total. The number of benzene rings is 1. The lowest BCUT2D eigenvalue weighted by Crippen LogP contribution is -2.63. The van der Waals surface area contributed by atoms with Gasteiger partial charge >= 0.3 is 0 Å². The third-order valence-corrected chi connectivity index (χ3v) is 4.60. The first-order chi connectivity index (χ1) is 8.79. The van der Waals surface area contributed by atoms with E-state index in [0.29, 0.717) is 17.9 Å². The molecule has 2 aliphatic rings. The number of amides is 1. The van der Waals surface area contributed by atoms with Crippen molar-refractivity contribution in [2.24, 2.45) is 11.8 Å². The predicted molar refractivity (Wildman–Crippen MR) is 73.5 cm³/mol. The van der Waals surface area contributed by atoms with Gasteiger partial charge in [0.1, 0.15) is 0 Å². The summed E-state index contributed by atoms with van der Waals surface area (Å²) in [4.78, 5) is 14.2. The second-order valence-electron chi connectivity index (χ2n) is 5.72. The summed E-state index contributed by atoms with van der Waals surface area (Å²) >= 11 is 0. The molecule has 2 heteroatoms. The zero-order valence-electron chi connectivity index (χ0n) is 11.0. The zero-order valence-corrected chi connectivity index (χ0v) is 11.0. The van der Waals surface area contributed by atoms with Crippen LogP contribution in [0, 0.1) is 11.8 Å². The number of anilines is 1. The van der Waals surface area contributed by atoms with Crippen molar-refractivity contribution in [1.82, 2.24) is 0 Å². The van der Waals surface area contributed by atoms with Crippen LogP contribution in [0.1, 0.15) is 39.0 Å². The fourth-order valence-electron chi connectivity index (χ4n) is 3.64. The number of carbonyl (C=O) groups is 1. The quantitative estimate of drug-likeness (QED) is 0.726. The van der Waals surface area contributed by atoms with Gasteiger partial charge in [0.15, 0.2) is 0 Å². The van der Waals surface area contributed by atoms with Gasteiger partial charge in [0.25, 0.3) is 0 Å². The van der Waals surface area contributed by atoms with E-state index in [-0.39, 0.29) is 5.92 Å². The molecular formula is C16H21NO. The third kappa shape index (κ3) is 1.84. The highest BCUT2D eigenvalue weighted by Crippen LogP contribution is 2.41. The van der Waals surface area contributed by atoms with Crippen LogP contribution in [-0.4, -0.2) is 11.9 Å². The van der Waals surface area contributed by atoms with Gasteiger partial charge in [-0.1, -0.05) is 44.4 Å². The Morgan fingerprint density at radius 3 is 2.39 bits per heavy atom. The second kappa shape index (κ2) is 4.75. The smallest absolute Gasteiger partial charge is 0.232 e. The van der Waals surface area contributed by atoms with Gasteiger partial charge < -0.3 is 4.90 Å². The van der Waals surface area contributed by atoms with Crippen LogP contribution in [0.25, 0.3) is 0 Å². The molecule has 1 saturated heterocycles. The summed E-state index contributed by atoms with van der Waals surface area (Å²) in [7, 11) is 0. The molecule has 96 valence electrons. The molecule has 1 amide bonds. The Balaban J connectivity index is 1.82. The minimum atomic E-state index is 0.216. The summed E-state index contributed by atoms with van der Waals surface area (Å²) in [6, 6.07) is 10.6. The van der Waals surface area contributed by atoms with Crippen molar-refractivity contribution in [3.63, 3.8) is 0 Å². The number of rotatable bonds is 2. The van der Waals surface area contributed by atoms with Crippen molar-refractivity contribution in [2.45, 2.75) is 45.1 Å². The third-order valence-electron chi connectivity index (χ3n) is 4.60. The lowest BCUT2D eigenvalue weighted by atomic mass is 9.73. The molecule has 1 aromatic carbocycles. The van der Waals surface area contributed by atoms with Crippen LogP contribution in [0.15, 0.2) is 30.3 Å². The van der Waals surface area contributed by atoms with Gasteiger partial charge in [-0.3, -0.25) is 4.79 Å². The van der Waals surface area contributed by atoms with E-state index in [1.54, 1.807) is 0 Å². The summed E-state index contributed by atoms with van der Waals surface area (Å²) in [6.07, 6.45) is 6.64. The van der Waals surface area contributed by atoms with Crippen molar-refractivity contribution < 1.29 is 4.79 Å². The number of hydrogen-bond donors (Lipinski definition) is 0. The van der Waals surface area contributed by atoms with E-state index in [9.17, 15) is 4.79 Å². The van der Waals surface area contributed by atoms with Crippen molar-refractivity contribution in [1.29, 1.82) is 0 Å². The number of β-lactam (4-membered cyclic amide) rings is 1. The van der Waals surface area contributed by atoms with Gasteiger partial charge in [-0.2, -0.15) is 0 Å². The normalized spacial score (nSPS) is 29.2. The Kier molecular flexibility index (Phi) is 3.11. The van der Waals surface area contributed by atoms with Crippen LogP contribution in [0.4, 0.5) is 5.69 Å². The molecule has 0 spiro atoms. The molecule has 1 heterocycles. The van der Waals surface area contributed by atoms with Crippen LogP contribution in [0.2, 0.25) is 0 Å². The van der Waals surface area contributed by atoms with E-state index < -0.39 is 0 Å². The topological polar surface area (TPSA) is 20.3 Å². The Hall–Kier alpha value is -1.31. The zero-order chi connectivity index (χ0) is 12.5. The van der Waals surface area contributed by atoms with Crippen LogP contribution < -0.4 is 4.90 Å². The minimum Gasteiger partial charge on any atom is -0.308 e. The van der Waals surface area contributed by atoms with E-state index in [1.165, 1.54) is 32.1 Å². The maximum absolute atomic E-state index is 12.1. The van der Waals surface area contributed by atoms with Crippen molar-refractivity contribution in [3.05, 3.63) is 30.3 Å². The molecule has 2 fully saturated rings. The molecule has 0 bridgehead atoms. The summed E-state index contributed by atoms with van der Waals surface area (Å²) in [5, 5.41) is 0. The predicted octanol–water partition coefficient (Wildman–Crippen LogP) is 3.62. The Morgan fingerprint density at radius 1 is 1.06 bits per heavy atom. The number of nitrogens with zero attached hydrogens (tertiary/aromatic N) is 1. The van der Waals surface area contributed by atoms with E-state index in [0.717, 1.165) is 5.69 Å². The molecule has 0 unspecified atom stereocenters. The maximum atomic E-state index is 12.1. The average molecular weight is 243 g/mol. The lowest BCUT2D eigenvalue weighted by Gasteiger charge is -2.50. The number of para-hydroxylation sites is 1. The van der Waals surface area contributed by atoms with E-state index in [1.807, 2.05) is 23.1 Å². The molecule has 18 heavy (non-hydrogen) atoms. The minimum absolute atomic E-state index is 0.216. The first kappa shape index (κ1) is 11.8. The van der Waals surface area contributed by atoms with Gasteiger partial charge in [-0.05, 0) is 30.9 Å². The highest BCUT2D eigenvalue weighted by Gasteiger charge is 2.48. The van der Waals surface area contributed by atoms with Gasteiger partial charge in [0.2, 0.25) is 5.91 Å². The molecule has 0 aromatic heterocycles. The van der Waals surface area contributed by atoms with Gasteiger partial charge in [-0.15, -0.1) is 0 Å². The monoisotopic (exact) mass is 243 g/mol. The van der Waals surface area contributed by atoms with Gasteiger partial charge in [-0.25, -0.2) is 0 Å². The van der Waals surface area contributed by atoms with Crippen molar-refractivity contribution >= 4 is 11.6 Å². The van der Waals surface area contributed by atoms with E-state index in [4.69, 9.17) is 0 Å². The molecule has 1 saturated carbocycles. The fraction of sp³-hybridized carbons (Fsp3) is 0.562. The van der Waals surface area contributed by atoms with Gasteiger partial charge in [0.05, 0.1) is 12.0 Å². The average Bonchev–Trinajstić information content (AvgIpc) is 2.45. The summed E-state index contributed by atoms with van der Waals surface area (Å²) < 4.78 is 0. The van der Waals surface area contributed by atoms with E-state index >= 15 is 0 Å². The molecule has 1 aromatic rings. The highest BCUT2D eigenvalue weighted by molar-refractivity contribution is 6.02. The molecule has 1 aliphatic heterocycles. The Bertz CT molecular complexity index is 422. The SMILES string of the molecule is C[C@H]1C(=O)N(c2ccccc2)[C@H]1C1CCCCC1. The lowest BCUT2D eigenvalue weighted by molar-refractivity contribution is -0.131. The Labute approximate surface area is 109 Å². The molecule has 3 rings (SSSR count). The summed E-state index contributed by atoms with van der Waals surface area (Å²) in [5.74, 6) is 1.23. The van der Waals surface area contributed by atoms with Crippen LogP contribution >= 0.6 is 0 Å². The first-order valence-electron chi connectivity index (χ1n) is 7.17. The Morgan fingerprint density at radius 2 is 1.72 bits per heavy atom. The maximum Gasteiger partial charge on any atom is 0.232 e. The van der Waals surface area contributed by atoms with Crippen molar-refractivity contribution in [2.75, 3.05) is 4.90 Å². The fourth-order valence-corrected chi connectivity index (χ4v) is 3.64. The number of carbonyl (C=O) groups excluding carboxylic acids is 1. The second-order valence-corrected chi connectivity index (χ2v) is 5.72. The summed E-state index contributed by atoms with van der Waals surface area (Å²) in [6.45, 7) is 2.10. The molecule has 2 atom stereocenters. The highest BCUT2D eigenvalue weighted by atomic mass is 16.2. The van der Waals surface area contributed by atoms with Crippen LogP contribution in [0.5, 0.6) is 0 Å². The molecule has 2 nitrogen and oxygen atoms in total.